The molecule has 58 valence electrons. The molecule has 2 nitrogen and oxygen atoms in total. The molecule has 1 saturated carbocycles. The van der Waals surface area contributed by atoms with Crippen molar-refractivity contribution in [2.24, 2.45) is 11.3 Å². The Morgan fingerprint density at radius 2 is 2.20 bits per heavy atom. The molecule has 1 aliphatic rings. The van der Waals surface area contributed by atoms with Gasteiger partial charge in [0, 0.05) is 0 Å². The summed E-state index contributed by atoms with van der Waals surface area (Å²) in [6.07, 6.45) is 2.77. The Balaban J connectivity index is 2.51. The molecule has 1 N–H and O–H groups in total. The van der Waals surface area contributed by atoms with Crippen molar-refractivity contribution >= 4 is 5.97 Å². The minimum atomic E-state index is -0.620. The van der Waals surface area contributed by atoms with E-state index in [0.29, 0.717) is 0 Å². The summed E-state index contributed by atoms with van der Waals surface area (Å²) in [4.78, 5) is 10.5. The van der Waals surface area contributed by atoms with Crippen LogP contribution in [-0.4, -0.2) is 11.1 Å². The van der Waals surface area contributed by atoms with Crippen LogP contribution < -0.4 is 0 Å². The second-order valence-corrected chi connectivity index (χ2v) is 3.94. The van der Waals surface area contributed by atoms with E-state index in [1.54, 1.807) is 0 Å². The first-order chi connectivity index (χ1) is 4.51. The van der Waals surface area contributed by atoms with Gasteiger partial charge in [0.15, 0.2) is 0 Å². The Bertz CT molecular complexity index is 149. The highest BCUT2D eigenvalue weighted by molar-refractivity contribution is 5.70. The van der Waals surface area contributed by atoms with Gasteiger partial charge in [-0.05, 0) is 24.7 Å². The maximum absolute atomic E-state index is 10.5. The highest BCUT2D eigenvalue weighted by Crippen LogP contribution is 2.40. The summed E-state index contributed by atoms with van der Waals surface area (Å²) >= 11 is 0. The molecular formula is C8H14O2. The van der Waals surface area contributed by atoms with E-state index in [0.717, 1.165) is 19.3 Å². The average Bonchev–Trinajstić information content (AvgIpc) is 2.10. The first-order valence-electron chi connectivity index (χ1n) is 3.74. The maximum atomic E-state index is 10.5. The Hall–Kier alpha value is -0.530. The van der Waals surface area contributed by atoms with E-state index in [9.17, 15) is 4.79 Å². The van der Waals surface area contributed by atoms with Crippen LogP contribution in [0.25, 0.3) is 0 Å². The Kier molecular flexibility index (Phi) is 1.71. The van der Waals surface area contributed by atoms with E-state index in [1.807, 2.05) is 0 Å². The molecule has 0 radical (unpaired) electrons. The first-order valence-corrected chi connectivity index (χ1v) is 3.74. The van der Waals surface area contributed by atoms with Crippen molar-refractivity contribution < 1.29 is 9.90 Å². The van der Waals surface area contributed by atoms with Gasteiger partial charge in [0.25, 0.3) is 0 Å². The molecule has 10 heavy (non-hydrogen) atoms. The van der Waals surface area contributed by atoms with Crippen LogP contribution in [0.1, 0.15) is 33.1 Å². The lowest BCUT2D eigenvalue weighted by Crippen LogP contribution is -2.12. The van der Waals surface area contributed by atoms with Crippen LogP contribution in [0, 0.1) is 11.3 Å². The monoisotopic (exact) mass is 142 g/mol. The number of hydrogen-bond donors (Lipinski definition) is 1. The molecule has 0 amide bonds. The highest BCUT2D eigenvalue weighted by Gasteiger charge is 2.34. The lowest BCUT2D eigenvalue weighted by Gasteiger charge is -2.15. The van der Waals surface area contributed by atoms with Gasteiger partial charge in [0.05, 0.1) is 5.92 Å². The Labute approximate surface area is 61.2 Å². The summed E-state index contributed by atoms with van der Waals surface area (Å²) in [5, 5.41) is 8.65. The summed E-state index contributed by atoms with van der Waals surface area (Å²) < 4.78 is 0. The molecule has 1 aliphatic carbocycles. The van der Waals surface area contributed by atoms with Crippen molar-refractivity contribution in [3.05, 3.63) is 0 Å². The third-order valence-electron chi connectivity index (χ3n) is 2.32. The fraction of sp³-hybridized carbons (Fsp3) is 0.875. The molecule has 0 aromatic heterocycles. The predicted octanol–water partition coefficient (Wildman–Crippen LogP) is 1.90. The number of rotatable bonds is 1. The van der Waals surface area contributed by atoms with Gasteiger partial charge < -0.3 is 5.11 Å². The molecule has 0 aliphatic heterocycles. The van der Waals surface area contributed by atoms with Crippen LogP contribution in [0.4, 0.5) is 0 Å². The van der Waals surface area contributed by atoms with Crippen LogP contribution >= 0.6 is 0 Å². The van der Waals surface area contributed by atoms with Gasteiger partial charge in [-0.1, -0.05) is 13.8 Å². The molecule has 0 heterocycles. The van der Waals surface area contributed by atoms with E-state index in [2.05, 4.69) is 13.8 Å². The Morgan fingerprint density at radius 3 is 2.40 bits per heavy atom. The molecule has 2 heteroatoms. The quantitative estimate of drug-likeness (QED) is 0.607. The van der Waals surface area contributed by atoms with Gasteiger partial charge in [-0.15, -0.1) is 0 Å². The third-order valence-corrected chi connectivity index (χ3v) is 2.32. The fourth-order valence-electron chi connectivity index (χ4n) is 1.65. The number of hydrogen-bond acceptors (Lipinski definition) is 1. The molecule has 1 atom stereocenters. The number of carbonyl (C=O) groups is 1. The standard InChI is InChI=1S/C8H14O2/c1-8(2)4-3-6(5-8)7(9)10/h6H,3-5H2,1-2H3,(H,9,10)/t6-/m1/s1. The molecule has 0 bridgehead atoms. The highest BCUT2D eigenvalue weighted by atomic mass is 16.4. The van der Waals surface area contributed by atoms with E-state index >= 15 is 0 Å². The van der Waals surface area contributed by atoms with Gasteiger partial charge in [0.1, 0.15) is 0 Å². The number of carboxylic acids is 1. The second-order valence-electron chi connectivity index (χ2n) is 3.94. The molecular weight excluding hydrogens is 128 g/mol. The summed E-state index contributed by atoms with van der Waals surface area (Å²) in [5.74, 6) is -0.694. The van der Waals surface area contributed by atoms with Crippen molar-refractivity contribution in [3.63, 3.8) is 0 Å². The summed E-state index contributed by atoms with van der Waals surface area (Å²) in [6, 6.07) is 0. The molecule has 1 rings (SSSR count). The topological polar surface area (TPSA) is 37.3 Å². The minimum absolute atomic E-state index is 0.0741. The second kappa shape index (κ2) is 2.26. The lowest BCUT2D eigenvalue weighted by molar-refractivity contribution is -0.141. The van der Waals surface area contributed by atoms with E-state index in [-0.39, 0.29) is 11.3 Å². The van der Waals surface area contributed by atoms with E-state index in [4.69, 9.17) is 5.11 Å². The maximum Gasteiger partial charge on any atom is 0.306 e. The minimum Gasteiger partial charge on any atom is -0.481 e. The summed E-state index contributed by atoms with van der Waals surface area (Å²) in [7, 11) is 0. The van der Waals surface area contributed by atoms with Crippen LogP contribution in [0.2, 0.25) is 0 Å². The third kappa shape index (κ3) is 1.49. The molecule has 1 fully saturated rings. The SMILES string of the molecule is CC1(C)CC[C@@H](C(=O)O)C1. The molecule has 0 spiro atoms. The Morgan fingerprint density at radius 1 is 1.60 bits per heavy atom. The van der Waals surface area contributed by atoms with Crippen molar-refractivity contribution in [2.45, 2.75) is 33.1 Å². The van der Waals surface area contributed by atoms with Crippen molar-refractivity contribution in [2.75, 3.05) is 0 Å². The van der Waals surface area contributed by atoms with Crippen LogP contribution in [-0.2, 0) is 4.79 Å². The van der Waals surface area contributed by atoms with Crippen LogP contribution in [0.5, 0.6) is 0 Å². The smallest absolute Gasteiger partial charge is 0.306 e. The average molecular weight is 142 g/mol. The van der Waals surface area contributed by atoms with Gasteiger partial charge in [-0.2, -0.15) is 0 Å². The van der Waals surface area contributed by atoms with Crippen molar-refractivity contribution in [3.8, 4) is 0 Å². The molecule has 0 unspecified atom stereocenters. The van der Waals surface area contributed by atoms with E-state index < -0.39 is 5.97 Å². The van der Waals surface area contributed by atoms with Gasteiger partial charge in [-0.3, -0.25) is 4.79 Å². The lowest BCUT2D eigenvalue weighted by atomic mass is 9.91. The number of carboxylic acid groups (broad SMARTS) is 1. The van der Waals surface area contributed by atoms with E-state index in [1.165, 1.54) is 0 Å². The van der Waals surface area contributed by atoms with Crippen molar-refractivity contribution in [1.29, 1.82) is 0 Å². The molecule has 0 aromatic rings. The normalized spacial score (nSPS) is 30.4. The summed E-state index contributed by atoms with van der Waals surface area (Å²) in [6.45, 7) is 4.27. The zero-order valence-electron chi connectivity index (χ0n) is 6.55. The largest absolute Gasteiger partial charge is 0.481 e. The first kappa shape index (κ1) is 7.58. The van der Waals surface area contributed by atoms with Gasteiger partial charge in [0.2, 0.25) is 0 Å². The predicted molar refractivity (Wildman–Crippen MR) is 38.8 cm³/mol. The van der Waals surface area contributed by atoms with Gasteiger partial charge in [-0.25, -0.2) is 0 Å². The van der Waals surface area contributed by atoms with Gasteiger partial charge >= 0.3 is 5.97 Å². The fourth-order valence-corrected chi connectivity index (χ4v) is 1.65. The molecule has 0 aromatic carbocycles. The molecule has 0 saturated heterocycles. The zero-order valence-corrected chi connectivity index (χ0v) is 6.55. The summed E-state index contributed by atoms with van der Waals surface area (Å²) in [5.41, 5.74) is 0.267. The van der Waals surface area contributed by atoms with Crippen LogP contribution in [0.3, 0.4) is 0 Å². The number of aliphatic carboxylic acids is 1. The van der Waals surface area contributed by atoms with Crippen LogP contribution in [0.15, 0.2) is 0 Å². The zero-order chi connectivity index (χ0) is 7.78. The van der Waals surface area contributed by atoms with Crippen molar-refractivity contribution in [1.82, 2.24) is 0 Å².